The molecule has 2 aromatic carbocycles. The second-order valence-corrected chi connectivity index (χ2v) is 9.75. The normalized spacial score (nSPS) is 17.6. The van der Waals surface area contributed by atoms with Crippen molar-refractivity contribution in [1.82, 2.24) is 4.31 Å². The van der Waals surface area contributed by atoms with Gasteiger partial charge < -0.3 is 10.1 Å². The molecular weight excluding hydrogens is 488 g/mol. The Bertz CT molecular complexity index is 1140. The summed E-state index contributed by atoms with van der Waals surface area (Å²) in [5, 5.41) is 2.53. The molecule has 2 aromatic rings. The van der Waals surface area contributed by atoms with E-state index in [2.05, 4.69) is 5.32 Å². The zero-order valence-corrected chi connectivity index (χ0v) is 19.0. The lowest BCUT2D eigenvalue weighted by Crippen LogP contribution is -2.43. The Hall–Kier alpha value is -2.37. The van der Waals surface area contributed by atoms with Gasteiger partial charge in [0.1, 0.15) is 16.5 Å². The van der Waals surface area contributed by atoms with E-state index < -0.39 is 39.4 Å². The summed E-state index contributed by atoms with van der Waals surface area (Å²) < 4.78 is 85.3. The van der Waals surface area contributed by atoms with Crippen molar-refractivity contribution in [2.75, 3.05) is 25.0 Å². The van der Waals surface area contributed by atoms with Gasteiger partial charge in [0.05, 0.1) is 18.1 Å². The van der Waals surface area contributed by atoms with Crippen LogP contribution in [-0.2, 0) is 21.0 Å². The third-order valence-electron chi connectivity index (χ3n) is 5.12. The maximum atomic E-state index is 13.5. The van der Waals surface area contributed by atoms with E-state index in [0.29, 0.717) is 25.0 Å². The smallest absolute Gasteiger partial charge is 0.419 e. The van der Waals surface area contributed by atoms with Crippen LogP contribution >= 0.6 is 11.6 Å². The van der Waals surface area contributed by atoms with Crippen LogP contribution in [0.15, 0.2) is 41.3 Å². The molecule has 0 spiro atoms. The average Bonchev–Trinajstić information content (AvgIpc) is 2.75. The molecule has 0 unspecified atom stereocenters. The molecule has 0 bridgehead atoms. The van der Waals surface area contributed by atoms with Gasteiger partial charge in [0.2, 0.25) is 15.9 Å². The number of hydrogen-bond donors (Lipinski definition) is 1. The van der Waals surface area contributed by atoms with Gasteiger partial charge in [-0.3, -0.25) is 4.79 Å². The molecule has 1 saturated heterocycles. The molecule has 1 heterocycles. The second-order valence-electron chi connectivity index (χ2n) is 7.41. The lowest BCUT2D eigenvalue weighted by atomic mass is 9.98. The molecule has 3 rings (SSSR count). The summed E-state index contributed by atoms with van der Waals surface area (Å²) in [6.45, 7) is 1.90. The number of carbonyl (C=O) groups is 1. The van der Waals surface area contributed by atoms with E-state index in [0.717, 1.165) is 10.4 Å². The molecule has 1 aliphatic rings. The molecule has 1 fully saturated rings. The van der Waals surface area contributed by atoms with Crippen LogP contribution in [0.2, 0.25) is 5.02 Å². The number of piperidine rings is 1. The third kappa shape index (κ3) is 5.77. The fourth-order valence-electron chi connectivity index (χ4n) is 3.54. The Labute approximate surface area is 193 Å². The van der Waals surface area contributed by atoms with Crippen molar-refractivity contribution in [3.8, 4) is 5.75 Å². The van der Waals surface area contributed by atoms with E-state index in [1.165, 1.54) is 18.2 Å². The highest BCUT2D eigenvalue weighted by atomic mass is 35.5. The second kappa shape index (κ2) is 9.86. The highest BCUT2D eigenvalue weighted by molar-refractivity contribution is 7.89. The van der Waals surface area contributed by atoms with Crippen molar-refractivity contribution in [1.29, 1.82) is 0 Å². The fourth-order valence-corrected chi connectivity index (χ4v) is 5.45. The minimum absolute atomic E-state index is 0.125. The molecule has 180 valence electrons. The molecule has 0 aromatic heterocycles. The molecule has 1 atom stereocenters. The summed E-state index contributed by atoms with van der Waals surface area (Å²) in [7, 11) is -4.06. The molecule has 0 aliphatic carbocycles. The van der Waals surface area contributed by atoms with Gasteiger partial charge in [0, 0.05) is 23.8 Å². The number of nitrogens with one attached hydrogen (secondary N) is 1. The molecule has 0 radical (unpaired) electrons. The minimum atomic E-state index is -4.92. The van der Waals surface area contributed by atoms with Crippen molar-refractivity contribution < 1.29 is 35.5 Å². The largest absolute Gasteiger partial charge is 0.492 e. The number of nitrogens with zero attached hydrogens (tertiary/aromatic N) is 1. The number of alkyl halides is 3. The van der Waals surface area contributed by atoms with Gasteiger partial charge in [-0.2, -0.15) is 17.5 Å². The third-order valence-corrected chi connectivity index (χ3v) is 7.24. The summed E-state index contributed by atoms with van der Waals surface area (Å²) in [6.07, 6.45) is -4.23. The minimum Gasteiger partial charge on any atom is -0.492 e. The first-order valence-electron chi connectivity index (χ1n) is 10.0. The summed E-state index contributed by atoms with van der Waals surface area (Å²) in [4.78, 5) is 12.6. The first-order chi connectivity index (χ1) is 15.4. The molecular formula is C21H21ClF4N2O4S. The van der Waals surface area contributed by atoms with Gasteiger partial charge in [-0.15, -0.1) is 0 Å². The fraction of sp³-hybridized carbons (Fsp3) is 0.381. The number of amides is 1. The van der Waals surface area contributed by atoms with E-state index >= 15 is 0 Å². The predicted octanol–water partition coefficient (Wildman–Crippen LogP) is 4.94. The lowest BCUT2D eigenvalue weighted by Gasteiger charge is -2.31. The van der Waals surface area contributed by atoms with E-state index in [-0.39, 0.29) is 41.1 Å². The van der Waals surface area contributed by atoms with Crippen molar-refractivity contribution in [2.45, 2.75) is 30.8 Å². The van der Waals surface area contributed by atoms with Gasteiger partial charge in [0.15, 0.2) is 0 Å². The number of anilines is 1. The first-order valence-corrected chi connectivity index (χ1v) is 11.9. The number of halogens is 5. The number of rotatable bonds is 6. The van der Waals surface area contributed by atoms with Crippen LogP contribution in [0.5, 0.6) is 5.75 Å². The van der Waals surface area contributed by atoms with Crippen LogP contribution in [0.1, 0.15) is 25.3 Å². The standard InChI is InChI=1S/C21H21ClF4N2O4S/c1-2-32-18-8-5-14(22)10-19(18)33(30,31)28-9-3-4-13(12-28)20(29)27-15-6-7-17(23)16(11-15)21(24,25)26/h5-8,10-11,13H,2-4,9,12H2,1H3,(H,27,29)/t13-/m1/s1. The number of benzene rings is 2. The lowest BCUT2D eigenvalue weighted by molar-refractivity contribution is -0.140. The molecule has 12 heteroatoms. The predicted molar refractivity (Wildman–Crippen MR) is 114 cm³/mol. The van der Waals surface area contributed by atoms with Crippen molar-refractivity contribution >= 4 is 33.2 Å². The van der Waals surface area contributed by atoms with E-state index in [1.54, 1.807) is 6.92 Å². The van der Waals surface area contributed by atoms with E-state index in [4.69, 9.17) is 16.3 Å². The summed E-state index contributed by atoms with van der Waals surface area (Å²) in [5.74, 6) is -2.81. The molecule has 1 N–H and O–H groups in total. The van der Waals surface area contributed by atoms with Gasteiger partial charge >= 0.3 is 6.18 Å². The zero-order valence-electron chi connectivity index (χ0n) is 17.5. The molecule has 1 amide bonds. The highest BCUT2D eigenvalue weighted by Crippen LogP contribution is 2.34. The number of carbonyl (C=O) groups excluding carboxylic acids is 1. The zero-order chi connectivity index (χ0) is 24.4. The first kappa shape index (κ1) is 25.3. The maximum Gasteiger partial charge on any atom is 0.419 e. The summed E-state index contributed by atoms with van der Waals surface area (Å²) in [6, 6.07) is 6.34. The SMILES string of the molecule is CCOc1ccc(Cl)cc1S(=O)(=O)N1CCC[C@@H](C(=O)Nc2ccc(F)c(C(F)(F)F)c2)C1. The number of ether oxygens (including phenoxy) is 1. The monoisotopic (exact) mass is 508 g/mol. The summed E-state index contributed by atoms with van der Waals surface area (Å²) >= 11 is 5.98. The molecule has 6 nitrogen and oxygen atoms in total. The Morgan fingerprint density at radius 3 is 2.64 bits per heavy atom. The quantitative estimate of drug-likeness (QED) is 0.561. The van der Waals surface area contributed by atoms with Crippen LogP contribution < -0.4 is 10.1 Å². The number of sulfonamides is 1. The summed E-state index contributed by atoms with van der Waals surface area (Å²) in [5.41, 5.74) is -1.74. The van der Waals surface area contributed by atoms with E-state index in [9.17, 15) is 30.8 Å². The Kier molecular flexibility index (Phi) is 7.55. The average molecular weight is 509 g/mol. The Balaban J connectivity index is 1.80. The van der Waals surface area contributed by atoms with Crippen LogP contribution in [0.4, 0.5) is 23.2 Å². The molecule has 33 heavy (non-hydrogen) atoms. The topological polar surface area (TPSA) is 75.7 Å². The van der Waals surface area contributed by atoms with Gasteiger partial charge in [-0.05, 0) is 56.2 Å². The molecule has 1 aliphatic heterocycles. The van der Waals surface area contributed by atoms with Crippen LogP contribution in [0.25, 0.3) is 0 Å². The van der Waals surface area contributed by atoms with Gasteiger partial charge in [-0.1, -0.05) is 11.6 Å². The van der Waals surface area contributed by atoms with Crippen molar-refractivity contribution in [3.63, 3.8) is 0 Å². The van der Waals surface area contributed by atoms with Crippen LogP contribution in [0, 0.1) is 11.7 Å². The maximum absolute atomic E-state index is 13.5. The molecule has 0 saturated carbocycles. The van der Waals surface area contributed by atoms with Crippen LogP contribution in [0.3, 0.4) is 0 Å². The van der Waals surface area contributed by atoms with E-state index in [1.807, 2.05) is 0 Å². The number of hydrogen-bond acceptors (Lipinski definition) is 4. The van der Waals surface area contributed by atoms with Gasteiger partial charge in [-0.25, -0.2) is 12.8 Å². The van der Waals surface area contributed by atoms with Gasteiger partial charge in [0.25, 0.3) is 0 Å². The Morgan fingerprint density at radius 1 is 1.24 bits per heavy atom. The van der Waals surface area contributed by atoms with Crippen molar-refractivity contribution in [2.24, 2.45) is 5.92 Å². The van der Waals surface area contributed by atoms with Crippen molar-refractivity contribution in [3.05, 3.63) is 52.8 Å². The highest BCUT2D eigenvalue weighted by Gasteiger charge is 2.36. The Morgan fingerprint density at radius 2 is 1.97 bits per heavy atom. The van der Waals surface area contributed by atoms with Crippen LogP contribution in [-0.4, -0.2) is 38.3 Å².